The maximum atomic E-state index is 15.3. The van der Waals surface area contributed by atoms with Gasteiger partial charge in [-0.05, 0) is 48.1 Å². The van der Waals surface area contributed by atoms with E-state index in [0.717, 1.165) is 18.4 Å². The predicted molar refractivity (Wildman–Crippen MR) is 198 cm³/mol. The third kappa shape index (κ3) is 12.4. The number of amides is 2. The molecule has 296 valence electrons. The van der Waals surface area contributed by atoms with Crippen LogP contribution >= 0.6 is 11.3 Å². The van der Waals surface area contributed by atoms with Gasteiger partial charge in [0.1, 0.15) is 12.2 Å². The summed E-state index contributed by atoms with van der Waals surface area (Å²) in [7, 11) is 2.60. The van der Waals surface area contributed by atoms with Gasteiger partial charge in [0, 0.05) is 38.7 Å². The summed E-state index contributed by atoms with van der Waals surface area (Å²) in [5.74, 6) is 3.65. The molecule has 3 aromatic rings. The standard InChI is InChI=1S/C37H42F4N6O7S/c1-43-21-54-31-16-22(35(50)46-30(36(51)53-3)11-12-33(42)49)9-10-28(31)44-14-5-8-32-25(17-37(39,40)41)24-6-4-7-29(34(24)55-32)45-27-13-15-47(19-26(27)38)18-23(48)20-52-2/h4,6-7,9-10,16,23,26-27,30,44-45,48H,11-15,17-21H2,2-3H3,(H2,42,49)(H,46,50). The van der Waals surface area contributed by atoms with Crippen LogP contribution in [0.4, 0.5) is 28.9 Å². The fraction of sp³-hybridized carbons (Fsp3) is 0.459. The molecular formula is C37H42F4N6O7S. The van der Waals surface area contributed by atoms with Crippen LogP contribution in [0.2, 0.25) is 0 Å². The summed E-state index contributed by atoms with van der Waals surface area (Å²) < 4.78 is 72.4. The monoisotopic (exact) mass is 790 g/mol. The molecule has 1 aromatic heterocycles. The number of anilines is 2. The molecule has 0 aliphatic carbocycles. The summed E-state index contributed by atoms with van der Waals surface area (Å²) in [4.78, 5) is 41.5. The van der Waals surface area contributed by atoms with Crippen LogP contribution in [0.3, 0.4) is 0 Å². The molecule has 1 aliphatic rings. The Labute approximate surface area is 319 Å². The van der Waals surface area contributed by atoms with Crippen LogP contribution in [0.25, 0.3) is 14.9 Å². The van der Waals surface area contributed by atoms with Crippen molar-refractivity contribution in [1.29, 1.82) is 0 Å². The quantitative estimate of drug-likeness (QED) is 0.0582. The zero-order chi connectivity index (χ0) is 40.1. The number of rotatable bonds is 17. The lowest BCUT2D eigenvalue weighted by Crippen LogP contribution is -2.50. The van der Waals surface area contributed by atoms with E-state index in [2.05, 4.69) is 32.6 Å². The summed E-state index contributed by atoms with van der Waals surface area (Å²) in [5, 5.41) is 19.1. The van der Waals surface area contributed by atoms with Crippen LogP contribution in [0.5, 0.6) is 5.75 Å². The molecule has 6 N–H and O–H groups in total. The molecule has 4 rings (SSSR count). The number of halogens is 4. The molecule has 0 radical (unpaired) electrons. The molecule has 1 aliphatic heterocycles. The zero-order valence-corrected chi connectivity index (χ0v) is 30.9. The van der Waals surface area contributed by atoms with Gasteiger partial charge in [-0.25, -0.2) is 15.8 Å². The number of hydrogen-bond acceptors (Lipinski definition) is 11. The molecule has 18 heteroatoms. The minimum atomic E-state index is -4.53. The molecule has 4 unspecified atom stereocenters. The highest BCUT2D eigenvalue weighted by atomic mass is 32.1. The fourth-order valence-electron chi connectivity index (χ4n) is 6.01. The number of piperidine rings is 1. The van der Waals surface area contributed by atoms with Crippen molar-refractivity contribution in [3.8, 4) is 17.6 Å². The van der Waals surface area contributed by atoms with Crippen molar-refractivity contribution < 1.29 is 51.3 Å². The number of fused-ring (bicyclic) bond motifs is 1. The molecule has 0 spiro atoms. The minimum Gasteiger partial charge on any atom is -0.467 e. The Morgan fingerprint density at radius 1 is 1.20 bits per heavy atom. The first kappa shape index (κ1) is 42.6. The second-order valence-electron chi connectivity index (χ2n) is 12.7. The first-order valence-electron chi connectivity index (χ1n) is 17.1. The topological polar surface area (TPSA) is 169 Å². The summed E-state index contributed by atoms with van der Waals surface area (Å²) in [5.41, 5.74) is 6.05. The van der Waals surface area contributed by atoms with E-state index in [1.807, 2.05) is 4.90 Å². The van der Waals surface area contributed by atoms with Crippen molar-refractivity contribution in [2.45, 2.75) is 56.2 Å². The largest absolute Gasteiger partial charge is 0.467 e. The lowest BCUT2D eigenvalue weighted by atomic mass is 10.0. The molecular weight excluding hydrogens is 749 g/mol. The minimum absolute atomic E-state index is 0.0000638. The Bertz CT molecular complexity index is 1930. The number of esters is 1. The van der Waals surface area contributed by atoms with Crippen molar-refractivity contribution in [1.82, 2.24) is 10.2 Å². The predicted octanol–water partition coefficient (Wildman–Crippen LogP) is 4.09. The fourth-order valence-corrected chi connectivity index (χ4v) is 7.19. The molecule has 4 atom stereocenters. The Morgan fingerprint density at radius 3 is 2.65 bits per heavy atom. The van der Waals surface area contributed by atoms with Crippen molar-refractivity contribution >= 4 is 50.6 Å². The Morgan fingerprint density at radius 2 is 1.98 bits per heavy atom. The lowest BCUT2D eigenvalue weighted by Gasteiger charge is -2.36. The molecule has 2 amide bonds. The van der Waals surface area contributed by atoms with Gasteiger partial charge in [0.25, 0.3) is 5.91 Å². The highest BCUT2D eigenvalue weighted by Crippen LogP contribution is 2.39. The van der Waals surface area contributed by atoms with Gasteiger partial charge in [-0.3, -0.25) is 19.3 Å². The number of hydrogen-bond donors (Lipinski definition) is 5. The number of aliphatic hydroxyl groups is 1. The average Bonchev–Trinajstić information content (AvgIpc) is 3.48. The van der Waals surface area contributed by atoms with Crippen LogP contribution in [-0.2, 0) is 25.5 Å². The molecule has 0 bridgehead atoms. The maximum Gasteiger partial charge on any atom is 0.393 e. The van der Waals surface area contributed by atoms with Crippen molar-refractivity contribution in [3.63, 3.8) is 0 Å². The highest BCUT2D eigenvalue weighted by molar-refractivity contribution is 7.20. The number of nitrogens with two attached hydrogens (primary N) is 1. The van der Waals surface area contributed by atoms with Crippen LogP contribution in [0.1, 0.15) is 40.1 Å². The Hall–Kier alpha value is -5.14. The van der Waals surface area contributed by atoms with Gasteiger partial charge >= 0.3 is 18.9 Å². The van der Waals surface area contributed by atoms with E-state index in [9.17, 15) is 32.7 Å². The number of aliphatic hydroxyl groups excluding tert-OH is 1. The summed E-state index contributed by atoms with van der Waals surface area (Å²) in [6, 6.07) is 7.36. The molecule has 0 saturated carbocycles. The van der Waals surface area contributed by atoms with Crippen molar-refractivity contribution in [2.75, 3.05) is 64.4 Å². The molecule has 1 saturated heterocycles. The SMILES string of the molecule is [C-]#[N+]COc1cc(C(=O)NC(CCC(N)=O)C(=O)OC)ccc1NCC#Cc1sc2c(NC3CCN(CC(O)COC)CC3F)cccc2c1CC(F)(F)F. The number of thiophene rings is 1. The van der Waals surface area contributed by atoms with Gasteiger partial charge in [0.05, 0.1) is 59.8 Å². The van der Waals surface area contributed by atoms with E-state index in [0.29, 0.717) is 34.4 Å². The number of likely N-dealkylation sites (tertiary alicyclic amines) is 1. The first-order valence-corrected chi connectivity index (χ1v) is 18.0. The molecule has 2 aromatic carbocycles. The molecule has 13 nitrogen and oxygen atoms in total. The van der Waals surface area contributed by atoms with E-state index >= 15 is 4.39 Å². The van der Waals surface area contributed by atoms with Crippen LogP contribution in [0, 0.1) is 18.4 Å². The average molecular weight is 791 g/mol. The van der Waals surface area contributed by atoms with Gasteiger partial charge in [-0.2, -0.15) is 13.2 Å². The van der Waals surface area contributed by atoms with Crippen LogP contribution < -0.4 is 26.4 Å². The number of carbonyl (C=O) groups excluding carboxylic acids is 3. The van der Waals surface area contributed by atoms with E-state index in [4.69, 9.17) is 26.5 Å². The number of carbonyl (C=O) groups is 3. The van der Waals surface area contributed by atoms with E-state index in [1.165, 1.54) is 25.3 Å². The van der Waals surface area contributed by atoms with Crippen molar-refractivity contribution in [3.05, 3.63) is 63.8 Å². The summed E-state index contributed by atoms with van der Waals surface area (Å²) in [6.07, 6.45) is -7.65. The van der Waals surface area contributed by atoms with E-state index in [1.54, 1.807) is 18.2 Å². The number of nitrogens with zero attached hydrogens (tertiary/aromatic N) is 2. The smallest absolute Gasteiger partial charge is 0.393 e. The third-order valence-electron chi connectivity index (χ3n) is 8.56. The lowest BCUT2D eigenvalue weighted by molar-refractivity contribution is -0.143. The third-order valence-corrected chi connectivity index (χ3v) is 9.75. The van der Waals surface area contributed by atoms with E-state index < -0.39 is 61.5 Å². The summed E-state index contributed by atoms with van der Waals surface area (Å²) in [6.45, 7) is 7.63. The number of primary amides is 1. The summed E-state index contributed by atoms with van der Waals surface area (Å²) >= 11 is 1.07. The number of benzene rings is 2. The van der Waals surface area contributed by atoms with Gasteiger partial charge in [-0.1, -0.05) is 24.0 Å². The molecule has 1 fully saturated rings. The van der Waals surface area contributed by atoms with Gasteiger partial charge in [0.2, 0.25) is 5.91 Å². The van der Waals surface area contributed by atoms with Crippen LogP contribution in [0.15, 0.2) is 36.4 Å². The highest BCUT2D eigenvalue weighted by Gasteiger charge is 2.33. The van der Waals surface area contributed by atoms with Gasteiger partial charge in [0.15, 0.2) is 5.75 Å². The number of methoxy groups -OCH3 is 2. The van der Waals surface area contributed by atoms with Crippen molar-refractivity contribution in [2.24, 2.45) is 5.73 Å². The van der Waals surface area contributed by atoms with E-state index in [-0.39, 0.29) is 60.8 Å². The van der Waals surface area contributed by atoms with Crippen LogP contribution in [-0.4, -0.2) is 112 Å². The second kappa shape index (κ2) is 20.0. The number of β-amino-alcohol motifs (C(OH)–C–C–N with tert-alkyl or cyclic N) is 1. The second-order valence-corrected chi connectivity index (χ2v) is 13.7. The first-order chi connectivity index (χ1) is 26.2. The Kier molecular flexibility index (Phi) is 15.5. The Balaban J connectivity index is 1.52. The molecule has 2 heterocycles. The normalized spacial score (nSPS) is 16.9. The number of ether oxygens (including phenoxy) is 3. The molecule has 55 heavy (non-hydrogen) atoms. The number of alkyl halides is 4. The van der Waals surface area contributed by atoms with Gasteiger partial charge < -0.3 is 41.0 Å². The van der Waals surface area contributed by atoms with Gasteiger partial charge in [-0.15, -0.1) is 11.3 Å². The number of nitrogens with one attached hydrogen (secondary N) is 3. The zero-order valence-electron chi connectivity index (χ0n) is 30.1. The maximum absolute atomic E-state index is 15.3.